The average molecular weight is 462 g/mol. The van der Waals surface area contributed by atoms with Crippen LogP contribution >= 0.6 is 11.3 Å². The molecule has 33 heavy (non-hydrogen) atoms. The van der Waals surface area contributed by atoms with Gasteiger partial charge in [0.15, 0.2) is 0 Å². The summed E-state index contributed by atoms with van der Waals surface area (Å²) >= 11 is 1.51. The molecule has 0 aliphatic carbocycles. The van der Waals surface area contributed by atoms with Gasteiger partial charge >= 0.3 is 0 Å². The minimum absolute atomic E-state index is 0.0442. The van der Waals surface area contributed by atoms with E-state index in [1.54, 1.807) is 6.08 Å². The van der Waals surface area contributed by atoms with Crippen LogP contribution in [0.4, 0.5) is 5.69 Å². The number of rotatable bonds is 7. The van der Waals surface area contributed by atoms with Gasteiger partial charge in [0.1, 0.15) is 11.6 Å². The maximum atomic E-state index is 12.2. The number of hydrogen-bond donors (Lipinski definition) is 3. The van der Waals surface area contributed by atoms with E-state index in [2.05, 4.69) is 46.6 Å². The molecule has 0 radical (unpaired) electrons. The number of fused-ring (bicyclic) bond motifs is 1. The zero-order chi connectivity index (χ0) is 23.2. The number of aliphatic hydroxyl groups excluding tert-OH is 2. The van der Waals surface area contributed by atoms with Gasteiger partial charge in [-0.25, -0.2) is 0 Å². The molecule has 1 aliphatic heterocycles. The van der Waals surface area contributed by atoms with Crippen molar-refractivity contribution in [3.05, 3.63) is 59.0 Å². The Bertz CT molecular complexity index is 1200. The molecule has 0 spiro atoms. The van der Waals surface area contributed by atoms with Crippen LogP contribution in [0.3, 0.4) is 0 Å². The van der Waals surface area contributed by atoms with Crippen LogP contribution in [-0.4, -0.2) is 48.5 Å². The van der Waals surface area contributed by atoms with Crippen LogP contribution in [0.2, 0.25) is 0 Å². The van der Waals surface area contributed by atoms with Gasteiger partial charge in [0.25, 0.3) is 5.91 Å². The SMILES string of the molecule is N#CC(=Cc1ccc(-c2ccc3cc(N4CCCCC4)ccc3c2)s1)C(=O)NCC(O)CO. The first-order valence-electron chi connectivity index (χ1n) is 11.2. The Labute approximate surface area is 197 Å². The summed E-state index contributed by atoms with van der Waals surface area (Å²) in [7, 11) is 0. The monoisotopic (exact) mass is 461 g/mol. The maximum Gasteiger partial charge on any atom is 0.262 e. The first kappa shape index (κ1) is 23.0. The number of anilines is 1. The lowest BCUT2D eigenvalue weighted by Gasteiger charge is -2.29. The molecule has 1 saturated heterocycles. The molecule has 3 N–H and O–H groups in total. The Kier molecular flexibility index (Phi) is 7.40. The lowest BCUT2D eigenvalue weighted by Crippen LogP contribution is -2.34. The van der Waals surface area contributed by atoms with Gasteiger partial charge in [0.2, 0.25) is 0 Å². The first-order valence-corrected chi connectivity index (χ1v) is 12.0. The van der Waals surface area contributed by atoms with E-state index in [0.717, 1.165) is 28.4 Å². The summed E-state index contributed by atoms with van der Waals surface area (Å²) in [5.74, 6) is -0.574. The number of carbonyl (C=O) groups is 1. The van der Waals surface area contributed by atoms with Gasteiger partial charge in [-0.2, -0.15) is 5.26 Å². The highest BCUT2D eigenvalue weighted by Gasteiger charge is 2.13. The summed E-state index contributed by atoms with van der Waals surface area (Å²) in [5, 5.41) is 32.4. The van der Waals surface area contributed by atoms with Gasteiger partial charge in [-0.05, 0) is 72.0 Å². The summed E-state index contributed by atoms with van der Waals surface area (Å²) in [6, 6.07) is 18.8. The molecule has 1 fully saturated rings. The summed E-state index contributed by atoms with van der Waals surface area (Å²) < 4.78 is 0. The van der Waals surface area contributed by atoms with Crippen molar-refractivity contribution in [1.82, 2.24) is 5.32 Å². The maximum absolute atomic E-state index is 12.2. The summed E-state index contributed by atoms with van der Waals surface area (Å²) in [5.41, 5.74) is 2.33. The molecule has 1 aliphatic rings. The van der Waals surface area contributed by atoms with Gasteiger partial charge < -0.3 is 20.4 Å². The Balaban J connectivity index is 1.51. The summed E-state index contributed by atoms with van der Waals surface area (Å²) in [4.78, 5) is 16.5. The third-order valence-corrected chi connectivity index (χ3v) is 6.90. The minimum Gasteiger partial charge on any atom is -0.394 e. The lowest BCUT2D eigenvalue weighted by atomic mass is 10.0. The molecule has 1 amide bonds. The molecular formula is C26H27N3O3S. The molecule has 170 valence electrons. The van der Waals surface area contributed by atoms with Crippen LogP contribution in [0.25, 0.3) is 27.3 Å². The second-order valence-electron chi connectivity index (χ2n) is 8.21. The highest BCUT2D eigenvalue weighted by molar-refractivity contribution is 7.16. The number of hydrogen-bond acceptors (Lipinski definition) is 6. The quantitative estimate of drug-likeness (QED) is 0.366. The molecule has 7 heteroatoms. The van der Waals surface area contributed by atoms with E-state index in [4.69, 9.17) is 5.11 Å². The Morgan fingerprint density at radius 2 is 1.88 bits per heavy atom. The number of thiophene rings is 1. The van der Waals surface area contributed by atoms with Crippen molar-refractivity contribution in [3.8, 4) is 16.5 Å². The number of nitrogens with one attached hydrogen (secondary N) is 1. The summed E-state index contributed by atoms with van der Waals surface area (Å²) in [6.45, 7) is 1.69. The van der Waals surface area contributed by atoms with Crippen molar-refractivity contribution >= 4 is 39.8 Å². The number of aliphatic hydroxyl groups is 2. The van der Waals surface area contributed by atoms with Crippen molar-refractivity contribution in [3.63, 3.8) is 0 Å². The first-order chi connectivity index (χ1) is 16.1. The van der Waals surface area contributed by atoms with Crippen LogP contribution in [0.5, 0.6) is 0 Å². The zero-order valence-corrected chi connectivity index (χ0v) is 19.1. The molecular weight excluding hydrogens is 434 g/mol. The van der Waals surface area contributed by atoms with Crippen molar-refractivity contribution in [2.75, 3.05) is 31.1 Å². The fraction of sp³-hybridized carbons (Fsp3) is 0.308. The molecule has 0 bridgehead atoms. The third kappa shape index (κ3) is 5.60. The number of carbonyl (C=O) groups excluding carboxylic acids is 1. The number of piperidine rings is 1. The second kappa shape index (κ2) is 10.6. The highest BCUT2D eigenvalue weighted by Crippen LogP contribution is 2.33. The fourth-order valence-corrected chi connectivity index (χ4v) is 4.93. The lowest BCUT2D eigenvalue weighted by molar-refractivity contribution is -0.117. The predicted octanol–water partition coefficient (Wildman–Crippen LogP) is 3.93. The largest absolute Gasteiger partial charge is 0.394 e. The molecule has 6 nitrogen and oxygen atoms in total. The highest BCUT2D eigenvalue weighted by atomic mass is 32.1. The van der Waals surface area contributed by atoms with Gasteiger partial charge in [0.05, 0.1) is 12.7 Å². The van der Waals surface area contributed by atoms with Gasteiger partial charge in [-0.15, -0.1) is 11.3 Å². The van der Waals surface area contributed by atoms with Crippen molar-refractivity contribution in [2.45, 2.75) is 25.4 Å². The van der Waals surface area contributed by atoms with E-state index in [-0.39, 0.29) is 12.1 Å². The van der Waals surface area contributed by atoms with Crippen LogP contribution in [-0.2, 0) is 4.79 Å². The standard InChI is InChI=1S/C26H27N3O3S/c27-15-21(26(32)28-16-23(31)17-30)14-24-8-9-25(33-24)20-5-4-19-13-22(7-6-18(19)12-20)29-10-2-1-3-11-29/h4-9,12-14,23,30-31H,1-3,10-11,16-17H2,(H,28,32). The van der Waals surface area contributed by atoms with Gasteiger partial charge in [-0.3, -0.25) is 4.79 Å². The van der Waals surface area contributed by atoms with Crippen LogP contribution in [0.1, 0.15) is 24.1 Å². The molecule has 0 saturated carbocycles. The molecule has 3 aromatic rings. The van der Waals surface area contributed by atoms with E-state index in [9.17, 15) is 15.2 Å². The molecule has 2 heterocycles. The third-order valence-electron chi connectivity index (χ3n) is 5.82. The number of nitrogens with zero attached hydrogens (tertiary/aromatic N) is 2. The van der Waals surface area contributed by atoms with Gasteiger partial charge in [-0.1, -0.05) is 18.2 Å². The molecule has 1 aromatic heterocycles. The minimum atomic E-state index is -1.05. The molecule has 4 rings (SSSR count). The Hall–Kier alpha value is -3.18. The smallest absolute Gasteiger partial charge is 0.262 e. The number of benzene rings is 2. The van der Waals surface area contributed by atoms with E-state index in [1.807, 2.05) is 18.2 Å². The van der Waals surface area contributed by atoms with E-state index in [0.29, 0.717) is 0 Å². The predicted molar refractivity (Wildman–Crippen MR) is 133 cm³/mol. The normalized spacial score (nSPS) is 15.3. The zero-order valence-electron chi connectivity index (χ0n) is 18.3. The molecule has 2 aromatic carbocycles. The fourth-order valence-electron chi connectivity index (χ4n) is 3.98. The molecule has 1 atom stereocenters. The number of amides is 1. The topological polar surface area (TPSA) is 96.6 Å². The Morgan fingerprint density at radius 1 is 1.12 bits per heavy atom. The summed E-state index contributed by atoms with van der Waals surface area (Å²) in [6.07, 6.45) is 4.32. The molecule has 1 unspecified atom stereocenters. The van der Waals surface area contributed by atoms with Gasteiger partial charge in [0, 0.05) is 35.1 Å². The average Bonchev–Trinajstić information content (AvgIpc) is 3.34. The van der Waals surface area contributed by atoms with Crippen molar-refractivity contribution in [1.29, 1.82) is 5.26 Å². The van der Waals surface area contributed by atoms with E-state index in [1.165, 1.54) is 47.1 Å². The van der Waals surface area contributed by atoms with E-state index >= 15 is 0 Å². The van der Waals surface area contributed by atoms with Crippen molar-refractivity contribution in [2.24, 2.45) is 0 Å². The second-order valence-corrected chi connectivity index (χ2v) is 9.33. The van der Waals surface area contributed by atoms with Crippen LogP contribution in [0, 0.1) is 11.3 Å². The van der Waals surface area contributed by atoms with Crippen LogP contribution in [0.15, 0.2) is 54.1 Å². The van der Waals surface area contributed by atoms with E-state index < -0.39 is 18.6 Å². The van der Waals surface area contributed by atoms with Crippen molar-refractivity contribution < 1.29 is 15.0 Å². The number of nitriles is 1. The van der Waals surface area contributed by atoms with Crippen LogP contribution < -0.4 is 10.2 Å². The Morgan fingerprint density at radius 3 is 2.64 bits per heavy atom.